The molecule has 31 heavy (non-hydrogen) atoms. The third-order valence-electron chi connectivity index (χ3n) is 6.37. The summed E-state index contributed by atoms with van der Waals surface area (Å²) in [6, 6.07) is 1.46. The number of pyridine rings is 1. The van der Waals surface area contributed by atoms with Gasteiger partial charge in [0.25, 0.3) is 11.5 Å². The number of aromatic nitrogens is 2. The van der Waals surface area contributed by atoms with Crippen LogP contribution in [0.2, 0.25) is 0 Å². The normalized spacial score (nSPS) is 16.7. The first-order valence-corrected chi connectivity index (χ1v) is 11.4. The van der Waals surface area contributed by atoms with Gasteiger partial charge in [0.05, 0.1) is 11.3 Å². The van der Waals surface area contributed by atoms with E-state index in [0.29, 0.717) is 36.6 Å². The molecule has 1 N–H and O–H groups in total. The van der Waals surface area contributed by atoms with Gasteiger partial charge in [-0.2, -0.15) is 0 Å². The standard InChI is InChI=1S/C23H32N4O4/c1-16-18(17(2)31-25-16)15-30-20-14-21(28)27-12-5-3-4-8-19(27)22(20)23(29)24-9-13-26-10-6-7-11-26/h14H,3-13,15H2,1-2H3,(H,24,29). The smallest absolute Gasteiger partial charge is 0.256 e. The molecular weight excluding hydrogens is 396 g/mol. The lowest BCUT2D eigenvalue weighted by Gasteiger charge is -2.20. The van der Waals surface area contributed by atoms with Crippen molar-refractivity contribution in [3.63, 3.8) is 0 Å². The van der Waals surface area contributed by atoms with E-state index in [4.69, 9.17) is 9.26 Å². The predicted molar refractivity (Wildman–Crippen MR) is 117 cm³/mol. The van der Waals surface area contributed by atoms with Crippen molar-refractivity contribution >= 4 is 5.91 Å². The molecule has 1 amide bonds. The van der Waals surface area contributed by atoms with E-state index in [1.165, 1.54) is 18.9 Å². The molecule has 2 aliphatic rings. The van der Waals surface area contributed by atoms with Crippen LogP contribution in [0.15, 0.2) is 15.4 Å². The van der Waals surface area contributed by atoms with E-state index in [-0.39, 0.29) is 18.1 Å². The third-order valence-corrected chi connectivity index (χ3v) is 6.37. The van der Waals surface area contributed by atoms with E-state index >= 15 is 0 Å². The highest BCUT2D eigenvalue weighted by Gasteiger charge is 2.24. The molecule has 2 aromatic heterocycles. The number of hydrogen-bond acceptors (Lipinski definition) is 6. The van der Waals surface area contributed by atoms with Crippen molar-refractivity contribution in [3.05, 3.63) is 44.7 Å². The summed E-state index contributed by atoms with van der Waals surface area (Å²) >= 11 is 0. The Morgan fingerprint density at radius 1 is 1.16 bits per heavy atom. The van der Waals surface area contributed by atoms with Gasteiger partial charge in [-0.3, -0.25) is 9.59 Å². The number of fused-ring (bicyclic) bond motifs is 1. The average Bonchev–Trinajstić information content (AvgIpc) is 3.29. The predicted octanol–water partition coefficient (Wildman–Crippen LogP) is 2.58. The molecule has 1 fully saturated rings. The molecule has 0 radical (unpaired) electrons. The Kier molecular flexibility index (Phi) is 6.75. The monoisotopic (exact) mass is 428 g/mol. The van der Waals surface area contributed by atoms with Gasteiger partial charge in [0.15, 0.2) is 0 Å². The lowest BCUT2D eigenvalue weighted by molar-refractivity contribution is 0.0943. The van der Waals surface area contributed by atoms with Gasteiger partial charge in [-0.1, -0.05) is 11.6 Å². The number of rotatable bonds is 7. The lowest BCUT2D eigenvalue weighted by atomic mass is 10.1. The van der Waals surface area contributed by atoms with Gasteiger partial charge < -0.3 is 24.0 Å². The van der Waals surface area contributed by atoms with E-state index in [1.807, 2.05) is 13.8 Å². The number of likely N-dealkylation sites (tertiary alicyclic amines) is 1. The topological polar surface area (TPSA) is 89.6 Å². The Labute approximate surface area is 182 Å². The molecule has 168 valence electrons. The van der Waals surface area contributed by atoms with Crippen LogP contribution in [-0.2, 0) is 19.6 Å². The number of carbonyl (C=O) groups excluding carboxylic acids is 1. The molecule has 0 spiro atoms. The Hall–Kier alpha value is -2.61. The Balaban J connectivity index is 1.59. The maximum Gasteiger partial charge on any atom is 0.256 e. The fourth-order valence-electron chi connectivity index (χ4n) is 4.55. The van der Waals surface area contributed by atoms with E-state index < -0.39 is 0 Å². The molecule has 4 heterocycles. The Bertz CT molecular complexity index is 969. The minimum atomic E-state index is -0.168. The quantitative estimate of drug-likeness (QED) is 0.729. The van der Waals surface area contributed by atoms with Crippen LogP contribution in [0.25, 0.3) is 0 Å². The highest BCUT2D eigenvalue weighted by molar-refractivity contribution is 5.98. The number of carbonyl (C=O) groups is 1. The zero-order valence-electron chi connectivity index (χ0n) is 18.5. The van der Waals surface area contributed by atoms with E-state index in [0.717, 1.165) is 55.8 Å². The summed E-state index contributed by atoms with van der Waals surface area (Å²) in [6.07, 6.45) is 6.10. The summed E-state index contributed by atoms with van der Waals surface area (Å²) in [5.41, 5.74) is 2.77. The van der Waals surface area contributed by atoms with Gasteiger partial charge in [0.1, 0.15) is 23.7 Å². The molecule has 0 aliphatic carbocycles. The van der Waals surface area contributed by atoms with Gasteiger partial charge >= 0.3 is 0 Å². The molecule has 0 bridgehead atoms. The number of ether oxygens (including phenoxy) is 1. The van der Waals surface area contributed by atoms with Gasteiger partial charge in [0.2, 0.25) is 0 Å². The van der Waals surface area contributed by atoms with Crippen LogP contribution in [0, 0.1) is 13.8 Å². The highest BCUT2D eigenvalue weighted by Crippen LogP contribution is 2.26. The molecule has 8 nitrogen and oxygen atoms in total. The second-order valence-corrected chi connectivity index (χ2v) is 8.53. The van der Waals surface area contributed by atoms with Crippen molar-refractivity contribution in [3.8, 4) is 5.75 Å². The van der Waals surface area contributed by atoms with Crippen LogP contribution in [0.5, 0.6) is 5.75 Å². The average molecular weight is 429 g/mol. The summed E-state index contributed by atoms with van der Waals surface area (Å²) in [7, 11) is 0. The second-order valence-electron chi connectivity index (χ2n) is 8.53. The van der Waals surface area contributed by atoms with Gasteiger partial charge in [-0.05, 0) is 59.0 Å². The number of nitrogens with zero attached hydrogens (tertiary/aromatic N) is 3. The number of aryl methyl sites for hydroxylation is 2. The van der Waals surface area contributed by atoms with Crippen LogP contribution in [0.1, 0.15) is 65.2 Å². The van der Waals surface area contributed by atoms with Crippen molar-refractivity contribution in [2.75, 3.05) is 26.2 Å². The minimum Gasteiger partial charge on any atom is -0.488 e. The third kappa shape index (κ3) is 4.84. The first-order chi connectivity index (χ1) is 15.0. The summed E-state index contributed by atoms with van der Waals surface area (Å²) < 4.78 is 13.0. The summed E-state index contributed by atoms with van der Waals surface area (Å²) in [5.74, 6) is 0.857. The number of nitrogens with one attached hydrogen (secondary N) is 1. The van der Waals surface area contributed by atoms with Crippen LogP contribution < -0.4 is 15.6 Å². The van der Waals surface area contributed by atoms with Crippen molar-refractivity contribution in [1.29, 1.82) is 0 Å². The minimum absolute atomic E-state index is 0.112. The molecule has 0 atom stereocenters. The largest absolute Gasteiger partial charge is 0.488 e. The zero-order valence-corrected chi connectivity index (χ0v) is 18.5. The van der Waals surface area contributed by atoms with Crippen LogP contribution in [0.4, 0.5) is 0 Å². The maximum atomic E-state index is 13.3. The van der Waals surface area contributed by atoms with Crippen molar-refractivity contribution in [1.82, 2.24) is 19.9 Å². The highest BCUT2D eigenvalue weighted by atomic mass is 16.5. The van der Waals surface area contributed by atoms with Gasteiger partial charge in [-0.25, -0.2) is 0 Å². The molecule has 1 saturated heterocycles. The summed E-state index contributed by atoms with van der Waals surface area (Å²) in [4.78, 5) is 28.4. The van der Waals surface area contributed by atoms with Crippen molar-refractivity contribution < 1.29 is 14.1 Å². The first-order valence-electron chi connectivity index (χ1n) is 11.4. The first kappa shape index (κ1) is 21.6. The van der Waals surface area contributed by atoms with Crippen molar-refractivity contribution in [2.24, 2.45) is 0 Å². The fraction of sp³-hybridized carbons (Fsp3) is 0.609. The molecule has 8 heteroatoms. The Morgan fingerprint density at radius 2 is 1.94 bits per heavy atom. The van der Waals surface area contributed by atoms with Crippen molar-refractivity contribution in [2.45, 2.75) is 65.5 Å². The van der Waals surface area contributed by atoms with E-state index in [1.54, 1.807) is 4.57 Å². The number of hydrogen-bond donors (Lipinski definition) is 1. The van der Waals surface area contributed by atoms with E-state index in [2.05, 4.69) is 15.4 Å². The molecule has 0 unspecified atom stereocenters. The molecular formula is C23H32N4O4. The maximum absolute atomic E-state index is 13.3. The second kappa shape index (κ2) is 9.68. The SMILES string of the molecule is Cc1noc(C)c1COc1cc(=O)n2c(c1C(=O)NCCN1CCCC1)CCCCC2. The summed E-state index contributed by atoms with van der Waals surface area (Å²) in [6.45, 7) is 8.15. The van der Waals surface area contributed by atoms with Crippen LogP contribution >= 0.6 is 0 Å². The lowest BCUT2D eigenvalue weighted by Crippen LogP contribution is -2.35. The van der Waals surface area contributed by atoms with Crippen LogP contribution in [-0.4, -0.2) is 46.7 Å². The van der Waals surface area contributed by atoms with E-state index in [9.17, 15) is 9.59 Å². The molecule has 4 rings (SSSR count). The Morgan fingerprint density at radius 3 is 2.68 bits per heavy atom. The van der Waals surface area contributed by atoms with Crippen LogP contribution in [0.3, 0.4) is 0 Å². The molecule has 0 aromatic carbocycles. The zero-order chi connectivity index (χ0) is 21.8. The number of amides is 1. The fourth-order valence-corrected chi connectivity index (χ4v) is 4.55. The molecule has 2 aliphatic heterocycles. The summed E-state index contributed by atoms with van der Waals surface area (Å²) in [5, 5.41) is 7.02. The molecule has 2 aromatic rings. The van der Waals surface area contributed by atoms with Gasteiger partial charge in [0, 0.05) is 31.4 Å². The van der Waals surface area contributed by atoms with Gasteiger partial charge in [-0.15, -0.1) is 0 Å². The molecule has 0 saturated carbocycles.